The largest absolute Gasteiger partial charge is 0.341 e. The zero-order valence-electron chi connectivity index (χ0n) is 14.2. The molecule has 0 radical (unpaired) electrons. The Labute approximate surface area is 125 Å². The van der Waals surface area contributed by atoms with Crippen molar-refractivity contribution < 1.29 is 4.79 Å². The molecule has 1 amide bonds. The molecule has 20 heavy (non-hydrogen) atoms. The van der Waals surface area contributed by atoms with Gasteiger partial charge >= 0.3 is 0 Å². The molecule has 0 aliphatic carbocycles. The third-order valence-electron chi connectivity index (χ3n) is 3.90. The lowest BCUT2D eigenvalue weighted by Crippen LogP contribution is -2.50. The minimum atomic E-state index is -0.342. The number of carbonyl (C=O) groups is 1. The van der Waals surface area contributed by atoms with Crippen molar-refractivity contribution >= 4 is 5.91 Å². The zero-order chi connectivity index (χ0) is 15.6. The van der Waals surface area contributed by atoms with Crippen molar-refractivity contribution in [2.24, 2.45) is 11.1 Å². The highest BCUT2D eigenvalue weighted by Gasteiger charge is 2.38. The Morgan fingerprint density at radius 1 is 0.950 bits per heavy atom. The first-order valence-electron chi connectivity index (χ1n) is 8.11. The molecule has 0 aliphatic rings. The Balaban J connectivity index is 5.02. The van der Waals surface area contributed by atoms with Crippen LogP contribution in [0.25, 0.3) is 0 Å². The normalized spacial score (nSPS) is 11.9. The van der Waals surface area contributed by atoms with E-state index in [1.54, 1.807) is 0 Å². The SMILES string of the molecule is CCCN(CCN(C)C)C(=O)C(CN)(CCC)CCC. The molecular weight excluding hydrogens is 250 g/mol. The van der Waals surface area contributed by atoms with Gasteiger partial charge in [-0.2, -0.15) is 0 Å². The zero-order valence-corrected chi connectivity index (χ0v) is 14.2. The van der Waals surface area contributed by atoms with Crippen LogP contribution < -0.4 is 5.73 Å². The van der Waals surface area contributed by atoms with E-state index in [0.29, 0.717) is 6.54 Å². The molecule has 0 aromatic rings. The topological polar surface area (TPSA) is 49.6 Å². The first-order valence-corrected chi connectivity index (χ1v) is 8.11. The maximum atomic E-state index is 13.0. The standard InChI is InChI=1S/C16H35N3O/c1-6-9-16(14-17,10-7-2)15(20)19(11-8-3)13-12-18(4)5/h6-14,17H2,1-5H3. The molecule has 0 rings (SSSR count). The van der Waals surface area contributed by atoms with Gasteiger partial charge < -0.3 is 15.5 Å². The van der Waals surface area contributed by atoms with Gasteiger partial charge in [0.25, 0.3) is 0 Å². The third kappa shape index (κ3) is 5.80. The number of amides is 1. The second-order valence-electron chi connectivity index (χ2n) is 6.08. The van der Waals surface area contributed by atoms with Crippen LogP contribution in [0.15, 0.2) is 0 Å². The van der Waals surface area contributed by atoms with Gasteiger partial charge in [0, 0.05) is 26.2 Å². The van der Waals surface area contributed by atoms with Crippen LogP contribution in [-0.2, 0) is 4.79 Å². The van der Waals surface area contributed by atoms with E-state index in [9.17, 15) is 4.79 Å². The smallest absolute Gasteiger partial charge is 0.230 e. The van der Waals surface area contributed by atoms with Gasteiger partial charge in [-0.3, -0.25) is 4.79 Å². The van der Waals surface area contributed by atoms with Gasteiger partial charge in [-0.15, -0.1) is 0 Å². The maximum absolute atomic E-state index is 13.0. The molecule has 0 aromatic heterocycles. The molecule has 0 saturated heterocycles. The average Bonchev–Trinajstić information content (AvgIpc) is 2.42. The lowest BCUT2D eigenvalue weighted by atomic mass is 9.78. The van der Waals surface area contributed by atoms with E-state index >= 15 is 0 Å². The van der Waals surface area contributed by atoms with Gasteiger partial charge in [0.1, 0.15) is 0 Å². The highest BCUT2D eigenvalue weighted by molar-refractivity contribution is 5.83. The molecule has 0 atom stereocenters. The highest BCUT2D eigenvalue weighted by Crippen LogP contribution is 2.31. The van der Waals surface area contributed by atoms with E-state index in [4.69, 9.17) is 5.73 Å². The summed E-state index contributed by atoms with van der Waals surface area (Å²) in [5, 5.41) is 0. The van der Waals surface area contributed by atoms with Crippen LogP contribution in [0.5, 0.6) is 0 Å². The number of carbonyl (C=O) groups excluding carboxylic acids is 1. The summed E-state index contributed by atoms with van der Waals surface area (Å²) in [4.78, 5) is 17.2. The van der Waals surface area contributed by atoms with Crippen molar-refractivity contribution in [1.82, 2.24) is 9.80 Å². The molecular formula is C16H35N3O. The van der Waals surface area contributed by atoms with Gasteiger partial charge in [-0.05, 0) is 33.4 Å². The Hall–Kier alpha value is -0.610. The quantitative estimate of drug-likeness (QED) is 0.634. The van der Waals surface area contributed by atoms with E-state index in [1.165, 1.54) is 0 Å². The molecule has 0 bridgehead atoms. The number of nitrogens with two attached hydrogens (primary N) is 1. The minimum Gasteiger partial charge on any atom is -0.341 e. The summed E-state index contributed by atoms with van der Waals surface area (Å²) in [5.74, 6) is 0.271. The Bertz CT molecular complexity index is 260. The first kappa shape index (κ1) is 19.4. The number of rotatable bonds is 11. The first-order chi connectivity index (χ1) is 9.47. The van der Waals surface area contributed by atoms with Crippen LogP contribution in [0.2, 0.25) is 0 Å². The van der Waals surface area contributed by atoms with Crippen LogP contribution in [-0.4, -0.2) is 56.0 Å². The molecule has 4 nitrogen and oxygen atoms in total. The van der Waals surface area contributed by atoms with Gasteiger partial charge in [0.15, 0.2) is 0 Å². The second kappa shape index (κ2) is 10.2. The van der Waals surface area contributed by atoms with E-state index in [2.05, 4.69) is 25.7 Å². The Kier molecular flexibility index (Phi) is 9.86. The van der Waals surface area contributed by atoms with Crippen LogP contribution in [0.4, 0.5) is 0 Å². The van der Waals surface area contributed by atoms with Crippen molar-refractivity contribution in [1.29, 1.82) is 0 Å². The predicted molar refractivity (Wildman–Crippen MR) is 86.7 cm³/mol. The molecule has 0 aromatic carbocycles. The summed E-state index contributed by atoms with van der Waals surface area (Å²) in [5.41, 5.74) is 5.67. The molecule has 2 N–H and O–H groups in total. The summed E-state index contributed by atoms with van der Waals surface area (Å²) >= 11 is 0. The van der Waals surface area contributed by atoms with Crippen molar-refractivity contribution in [3.8, 4) is 0 Å². The van der Waals surface area contributed by atoms with Crippen molar-refractivity contribution in [2.75, 3.05) is 40.3 Å². The van der Waals surface area contributed by atoms with Crippen LogP contribution in [0, 0.1) is 5.41 Å². The summed E-state index contributed by atoms with van der Waals surface area (Å²) in [6.07, 6.45) is 4.82. The van der Waals surface area contributed by atoms with E-state index < -0.39 is 0 Å². The summed E-state index contributed by atoms with van der Waals surface area (Å²) in [7, 11) is 4.09. The number of hydrogen-bond acceptors (Lipinski definition) is 3. The minimum absolute atomic E-state index is 0.271. The van der Waals surface area contributed by atoms with Crippen molar-refractivity contribution in [3.63, 3.8) is 0 Å². The molecule has 0 fully saturated rings. The lowest BCUT2D eigenvalue weighted by molar-refractivity contribution is -0.143. The second-order valence-corrected chi connectivity index (χ2v) is 6.08. The van der Waals surface area contributed by atoms with Crippen LogP contribution >= 0.6 is 0 Å². The fraction of sp³-hybridized carbons (Fsp3) is 0.938. The molecule has 0 spiro atoms. The van der Waals surface area contributed by atoms with Gasteiger partial charge in [-0.25, -0.2) is 0 Å². The van der Waals surface area contributed by atoms with Gasteiger partial charge in [0.2, 0.25) is 5.91 Å². The van der Waals surface area contributed by atoms with E-state index in [-0.39, 0.29) is 11.3 Å². The molecule has 0 saturated carbocycles. The number of nitrogens with zero attached hydrogens (tertiary/aromatic N) is 2. The summed E-state index contributed by atoms with van der Waals surface area (Å²) < 4.78 is 0. The number of hydrogen-bond donors (Lipinski definition) is 1. The fourth-order valence-corrected chi connectivity index (χ4v) is 2.83. The Morgan fingerprint density at radius 3 is 1.85 bits per heavy atom. The third-order valence-corrected chi connectivity index (χ3v) is 3.90. The molecule has 0 unspecified atom stereocenters. The molecule has 120 valence electrons. The molecule has 0 heterocycles. The maximum Gasteiger partial charge on any atom is 0.230 e. The summed E-state index contributed by atoms with van der Waals surface area (Å²) in [6, 6.07) is 0. The Morgan fingerprint density at radius 2 is 1.50 bits per heavy atom. The highest BCUT2D eigenvalue weighted by atomic mass is 16.2. The van der Waals surface area contributed by atoms with Gasteiger partial charge in [0.05, 0.1) is 5.41 Å². The fourth-order valence-electron chi connectivity index (χ4n) is 2.83. The van der Waals surface area contributed by atoms with Crippen molar-refractivity contribution in [3.05, 3.63) is 0 Å². The average molecular weight is 285 g/mol. The van der Waals surface area contributed by atoms with Crippen LogP contribution in [0.3, 0.4) is 0 Å². The summed E-state index contributed by atoms with van der Waals surface area (Å²) in [6.45, 7) is 9.41. The van der Waals surface area contributed by atoms with Crippen molar-refractivity contribution in [2.45, 2.75) is 52.9 Å². The molecule has 0 aliphatic heterocycles. The predicted octanol–water partition coefficient (Wildman–Crippen LogP) is 2.33. The van der Waals surface area contributed by atoms with Gasteiger partial charge in [-0.1, -0.05) is 33.6 Å². The van der Waals surface area contributed by atoms with E-state index in [1.807, 2.05) is 19.0 Å². The van der Waals surface area contributed by atoms with Crippen LogP contribution in [0.1, 0.15) is 52.9 Å². The number of likely N-dealkylation sites (N-methyl/N-ethyl adjacent to an activating group) is 1. The molecule has 4 heteroatoms. The monoisotopic (exact) mass is 285 g/mol. The lowest BCUT2D eigenvalue weighted by Gasteiger charge is -2.37. The van der Waals surface area contributed by atoms with E-state index in [0.717, 1.165) is 51.7 Å².